The molecule has 2 fully saturated rings. The van der Waals surface area contributed by atoms with Crippen LogP contribution in [-0.2, 0) is 11.3 Å². The van der Waals surface area contributed by atoms with Crippen molar-refractivity contribution in [1.82, 2.24) is 20.0 Å². The molecule has 1 spiro atoms. The quantitative estimate of drug-likeness (QED) is 0.875. The maximum Gasteiger partial charge on any atom is 0.279 e. The zero-order valence-electron chi connectivity index (χ0n) is 15.4. The number of H-pyrrole nitrogens is 1. The number of nitrogens with one attached hydrogen (secondary N) is 1. The standard InChI is InChI=1S/C20H22F2N4O2/c21-17(22)15-12-16(24-23-15)18(27)26-11-5-9-20(26)8-4-10-25(19(20)28)13-14-6-2-1-3-7-14/h1-3,6-7,12,17H,4-5,8-11,13H2,(H,23,24). The van der Waals surface area contributed by atoms with E-state index in [1.54, 1.807) is 9.80 Å². The summed E-state index contributed by atoms with van der Waals surface area (Å²) in [4.78, 5) is 29.8. The van der Waals surface area contributed by atoms with Crippen molar-refractivity contribution < 1.29 is 18.4 Å². The highest BCUT2D eigenvalue weighted by atomic mass is 19.3. The summed E-state index contributed by atoms with van der Waals surface area (Å²) in [5, 5.41) is 5.96. The Morgan fingerprint density at radius 1 is 1.18 bits per heavy atom. The van der Waals surface area contributed by atoms with Gasteiger partial charge in [0.2, 0.25) is 5.91 Å². The fraction of sp³-hybridized carbons (Fsp3) is 0.450. The Hall–Kier alpha value is -2.77. The van der Waals surface area contributed by atoms with Crippen molar-refractivity contribution in [2.24, 2.45) is 0 Å². The smallest absolute Gasteiger partial charge is 0.279 e. The monoisotopic (exact) mass is 388 g/mol. The molecule has 1 aromatic heterocycles. The van der Waals surface area contributed by atoms with E-state index in [-0.39, 0.29) is 11.6 Å². The molecule has 2 aromatic rings. The molecule has 148 valence electrons. The number of benzene rings is 1. The van der Waals surface area contributed by atoms with Gasteiger partial charge in [-0.3, -0.25) is 14.7 Å². The average Bonchev–Trinajstić information content (AvgIpc) is 3.34. The maximum absolute atomic E-state index is 13.4. The third kappa shape index (κ3) is 3.16. The van der Waals surface area contributed by atoms with Gasteiger partial charge in [0.1, 0.15) is 11.2 Å². The second-order valence-corrected chi connectivity index (χ2v) is 7.42. The topological polar surface area (TPSA) is 69.3 Å². The lowest BCUT2D eigenvalue weighted by Crippen LogP contribution is -2.61. The first-order valence-corrected chi connectivity index (χ1v) is 9.50. The van der Waals surface area contributed by atoms with Crippen LogP contribution >= 0.6 is 0 Å². The number of hydrogen-bond acceptors (Lipinski definition) is 3. The molecule has 1 N–H and O–H groups in total. The summed E-state index contributed by atoms with van der Waals surface area (Å²) in [5.74, 6) is -0.520. The Morgan fingerprint density at radius 2 is 1.89 bits per heavy atom. The van der Waals surface area contributed by atoms with E-state index >= 15 is 0 Å². The predicted octanol–water partition coefficient (Wildman–Crippen LogP) is 3.14. The Morgan fingerprint density at radius 3 is 2.57 bits per heavy atom. The van der Waals surface area contributed by atoms with E-state index in [1.807, 2.05) is 30.3 Å². The SMILES string of the molecule is O=C(c1cc(C(F)F)[nH]n1)N1CCCC12CCCN(Cc1ccccc1)C2=O. The third-order valence-electron chi connectivity index (χ3n) is 5.71. The average molecular weight is 388 g/mol. The van der Waals surface area contributed by atoms with Crippen molar-refractivity contribution in [3.63, 3.8) is 0 Å². The first kappa shape index (κ1) is 18.6. The van der Waals surface area contributed by atoms with E-state index in [0.29, 0.717) is 38.9 Å². The van der Waals surface area contributed by atoms with Gasteiger partial charge in [-0.2, -0.15) is 5.10 Å². The van der Waals surface area contributed by atoms with E-state index in [2.05, 4.69) is 10.2 Å². The summed E-state index contributed by atoms with van der Waals surface area (Å²) in [6.45, 7) is 1.58. The number of alkyl halides is 2. The minimum atomic E-state index is -2.72. The van der Waals surface area contributed by atoms with Gasteiger partial charge in [0.15, 0.2) is 5.69 Å². The Balaban J connectivity index is 1.57. The molecule has 3 heterocycles. The Kier molecular flexibility index (Phi) is 4.87. The lowest BCUT2D eigenvalue weighted by molar-refractivity contribution is -0.146. The molecule has 6 nitrogen and oxygen atoms in total. The first-order chi connectivity index (χ1) is 13.5. The van der Waals surface area contributed by atoms with Crippen LogP contribution in [0.3, 0.4) is 0 Å². The van der Waals surface area contributed by atoms with Crippen molar-refractivity contribution in [3.8, 4) is 0 Å². The lowest BCUT2D eigenvalue weighted by atomic mass is 9.85. The van der Waals surface area contributed by atoms with Crippen LogP contribution in [0.25, 0.3) is 0 Å². The summed E-state index contributed by atoms with van der Waals surface area (Å²) < 4.78 is 25.7. The van der Waals surface area contributed by atoms with Crippen LogP contribution < -0.4 is 0 Å². The van der Waals surface area contributed by atoms with Crippen LogP contribution in [0, 0.1) is 0 Å². The highest BCUT2D eigenvalue weighted by Gasteiger charge is 2.53. The van der Waals surface area contributed by atoms with Crippen LogP contribution in [0.15, 0.2) is 36.4 Å². The van der Waals surface area contributed by atoms with Gasteiger partial charge in [0.25, 0.3) is 12.3 Å². The number of aromatic amines is 1. The minimum absolute atomic E-state index is 0.0573. The lowest BCUT2D eigenvalue weighted by Gasteiger charge is -2.44. The van der Waals surface area contributed by atoms with Crippen molar-refractivity contribution in [1.29, 1.82) is 0 Å². The van der Waals surface area contributed by atoms with Crippen LogP contribution in [-0.4, -0.2) is 50.4 Å². The number of carbonyl (C=O) groups excluding carboxylic acids is 2. The van der Waals surface area contributed by atoms with Gasteiger partial charge >= 0.3 is 0 Å². The van der Waals surface area contributed by atoms with Gasteiger partial charge in [0, 0.05) is 19.6 Å². The Bertz CT molecular complexity index is 870. The highest BCUT2D eigenvalue weighted by molar-refractivity contribution is 5.99. The molecule has 2 saturated heterocycles. The van der Waals surface area contributed by atoms with E-state index in [4.69, 9.17) is 0 Å². The van der Waals surface area contributed by atoms with Crippen molar-refractivity contribution in [2.75, 3.05) is 13.1 Å². The number of piperidine rings is 1. The van der Waals surface area contributed by atoms with Crippen LogP contribution in [0.4, 0.5) is 8.78 Å². The number of likely N-dealkylation sites (tertiary alicyclic amines) is 2. The summed E-state index contributed by atoms with van der Waals surface area (Å²) in [6.07, 6.45) is -0.0305. The van der Waals surface area contributed by atoms with Crippen LogP contribution in [0.2, 0.25) is 0 Å². The molecule has 2 aliphatic heterocycles. The molecular weight excluding hydrogens is 366 g/mol. The molecule has 8 heteroatoms. The summed E-state index contributed by atoms with van der Waals surface area (Å²) in [6, 6.07) is 10.8. The first-order valence-electron chi connectivity index (χ1n) is 9.50. The number of nitrogens with zero attached hydrogens (tertiary/aromatic N) is 3. The van der Waals surface area contributed by atoms with E-state index < -0.39 is 23.6 Å². The molecule has 1 atom stereocenters. The van der Waals surface area contributed by atoms with E-state index in [9.17, 15) is 18.4 Å². The molecule has 4 rings (SSSR count). The van der Waals surface area contributed by atoms with Crippen LogP contribution in [0.5, 0.6) is 0 Å². The molecule has 28 heavy (non-hydrogen) atoms. The van der Waals surface area contributed by atoms with Gasteiger partial charge in [-0.05, 0) is 37.3 Å². The molecule has 2 amide bonds. The zero-order chi connectivity index (χ0) is 19.7. The molecule has 0 aliphatic carbocycles. The van der Waals surface area contributed by atoms with Crippen LogP contribution in [0.1, 0.15) is 53.9 Å². The molecular formula is C20H22F2N4O2. The van der Waals surface area contributed by atoms with Crippen molar-refractivity contribution in [2.45, 2.75) is 44.2 Å². The largest absolute Gasteiger partial charge is 0.336 e. The summed E-state index contributed by atoms with van der Waals surface area (Å²) >= 11 is 0. The Labute approximate surface area is 161 Å². The number of rotatable bonds is 4. The van der Waals surface area contributed by atoms with Gasteiger partial charge in [-0.25, -0.2) is 8.78 Å². The fourth-order valence-corrected chi connectivity index (χ4v) is 4.37. The second-order valence-electron chi connectivity index (χ2n) is 7.42. The minimum Gasteiger partial charge on any atom is -0.336 e. The predicted molar refractivity (Wildman–Crippen MR) is 97.6 cm³/mol. The molecule has 1 unspecified atom stereocenters. The van der Waals surface area contributed by atoms with Gasteiger partial charge < -0.3 is 9.80 Å². The van der Waals surface area contributed by atoms with Gasteiger partial charge in [0.05, 0.1) is 0 Å². The molecule has 0 radical (unpaired) electrons. The number of carbonyl (C=O) groups is 2. The maximum atomic E-state index is 13.4. The summed E-state index contributed by atoms with van der Waals surface area (Å²) in [7, 11) is 0. The second kappa shape index (κ2) is 7.33. The van der Waals surface area contributed by atoms with Gasteiger partial charge in [-0.1, -0.05) is 30.3 Å². The molecule has 0 saturated carbocycles. The molecule has 1 aromatic carbocycles. The van der Waals surface area contributed by atoms with Crippen molar-refractivity contribution in [3.05, 3.63) is 53.3 Å². The van der Waals surface area contributed by atoms with Crippen molar-refractivity contribution >= 4 is 11.8 Å². The number of hydrogen-bond donors (Lipinski definition) is 1. The zero-order valence-corrected chi connectivity index (χ0v) is 15.4. The number of halogens is 2. The normalized spacial score (nSPS) is 22.5. The number of aromatic nitrogens is 2. The van der Waals surface area contributed by atoms with Gasteiger partial charge in [-0.15, -0.1) is 0 Å². The fourth-order valence-electron chi connectivity index (χ4n) is 4.37. The molecule has 2 aliphatic rings. The highest BCUT2D eigenvalue weighted by Crippen LogP contribution is 2.39. The summed E-state index contributed by atoms with van der Waals surface area (Å²) in [5.41, 5.74) is -0.312. The number of amides is 2. The van der Waals surface area contributed by atoms with E-state index in [1.165, 1.54) is 0 Å². The third-order valence-corrected chi connectivity index (χ3v) is 5.71. The van der Waals surface area contributed by atoms with E-state index in [0.717, 1.165) is 18.1 Å². The molecule has 0 bridgehead atoms.